The van der Waals surface area contributed by atoms with E-state index >= 15 is 0 Å². The minimum Gasteiger partial charge on any atom is -0.457 e. The molecular formula is C76H59N5O. The van der Waals surface area contributed by atoms with Crippen LogP contribution in [0.3, 0.4) is 0 Å². The number of rotatable bonds is 10. The number of nitrogens with zero attached hydrogens (tertiary/aromatic N) is 5. The molecule has 4 fully saturated rings. The van der Waals surface area contributed by atoms with Crippen LogP contribution in [0.2, 0.25) is 0 Å². The zero-order valence-corrected chi connectivity index (χ0v) is 45.5. The summed E-state index contributed by atoms with van der Waals surface area (Å²) in [5.74, 6) is 5.28. The van der Waals surface area contributed by atoms with Crippen molar-refractivity contribution >= 4 is 66.4 Å². The van der Waals surface area contributed by atoms with E-state index in [0.29, 0.717) is 18.5 Å². The fourth-order valence-electron chi connectivity index (χ4n) is 16.2. The van der Waals surface area contributed by atoms with Crippen molar-refractivity contribution in [3.63, 3.8) is 0 Å². The molecule has 394 valence electrons. The minimum absolute atomic E-state index is 0.120. The molecule has 4 bridgehead atoms. The van der Waals surface area contributed by atoms with E-state index in [2.05, 4.69) is 280 Å². The maximum atomic E-state index is 6.99. The van der Waals surface area contributed by atoms with E-state index in [9.17, 15) is 0 Å². The number of pyridine rings is 1. The van der Waals surface area contributed by atoms with Gasteiger partial charge in [0.15, 0.2) is 0 Å². The fourth-order valence-corrected chi connectivity index (χ4v) is 16.2. The standard InChI is InChI=1S/C76H59N5O/c1-3-17-52(18-4-1)62-26-16-27-63(53-19-5-2-6-20-53)75(62)79-49-78(71-31-13-14-32-72(71)79)59-21-15-22-60(47-59)82-61-37-38-67-66-25-9-12-30-70(66)81(73(67)48-61)74-46-55(39-40-77-74)76(56-42-50-41-51(44-56)45-57(76)43-50)54-33-35-58(36-34-54)80-68-28-10-7-23-64(68)65-24-8-11-29-69(65)80/h1-40,46-48,50-51,56-57H,41-45,49H2. The molecule has 4 aliphatic carbocycles. The lowest BCUT2D eigenvalue weighted by Crippen LogP contribution is -2.56. The van der Waals surface area contributed by atoms with Gasteiger partial charge >= 0.3 is 0 Å². The molecule has 18 rings (SSSR count). The highest BCUT2D eigenvalue weighted by Gasteiger charge is 2.58. The van der Waals surface area contributed by atoms with E-state index in [1.165, 1.54) is 109 Å². The first-order valence-corrected chi connectivity index (χ1v) is 29.4. The normalized spacial score (nSPS) is 19.9. The predicted octanol–water partition coefficient (Wildman–Crippen LogP) is 19.4. The molecule has 4 saturated carbocycles. The highest BCUT2D eigenvalue weighted by molar-refractivity contribution is 6.10. The number of hydrogen-bond acceptors (Lipinski definition) is 4. The number of hydrogen-bond donors (Lipinski definition) is 0. The Balaban J connectivity index is 0.737. The molecule has 13 aromatic rings. The smallest absolute Gasteiger partial charge is 0.137 e. The second-order valence-corrected chi connectivity index (χ2v) is 23.5. The Morgan fingerprint density at radius 3 is 1.55 bits per heavy atom. The first-order valence-electron chi connectivity index (χ1n) is 29.4. The third-order valence-corrected chi connectivity index (χ3v) is 19.3. The summed E-state index contributed by atoms with van der Waals surface area (Å²) in [6.45, 7) is 0.627. The van der Waals surface area contributed by atoms with Crippen LogP contribution in [0.15, 0.2) is 261 Å². The van der Waals surface area contributed by atoms with E-state index in [-0.39, 0.29) is 5.41 Å². The maximum Gasteiger partial charge on any atom is 0.137 e. The van der Waals surface area contributed by atoms with Crippen molar-refractivity contribution in [1.82, 2.24) is 14.1 Å². The Hall–Kier alpha value is -9.65. The molecule has 5 aliphatic rings. The van der Waals surface area contributed by atoms with Crippen molar-refractivity contribution in [3.8, 4) is 45.3 Å². The molecule has 0 atom stereocenters. The second-order valence-electron chi connectivity index (χ2n) is 23.5. The summed E-state index contributed by atoms with van der Waals surface area (Å²) in [7, 11) is 0. The number of fused-ring (bicyclic) bond motifs is 7. The summed E-state index contributed by atoms with van der Waals surface area (Å²) in [4.78, 5) is 10.2. The Kier molecular flexibility index (Phi) is 10.8. The molecule has 0 saturated heterocycles. The van der Waals surface area contributed by atoms with Gasteiger partial charge in [-0.1, -0.05) is 164 Å². The van der Waals surface area contributed by atoms with E-state index in [0.717, 1.165) is 57.2 Å². The van der Waals surface area contributed by atoms with Gasteiger partial charge in [-0.05, 0) is 157 Å². The van der Waals surface area contributed by atoms with Crippen molar-refractivity contribution < 1.29 is 4.74 Å². The van der Waals surface area contributed by atoms with Crippen LogP contribution in [-0.4, -0.2) is 20.8 Å². The molecule has 4 heterocycles. The number of benzene rings is 10. The molecular weight excluding hydrogens is 999 g/mol. The number of anilines is 4. The maximum absolute atomic E-state index is 6.99. The first-order chi connectivity index (χ1) is 40.6. The lowest BCUT2D eigenvalue weighted by Gasteiger charge is -2.62. The monoisotopic (exact) mass is 1060 g/mol. The second kappa shape index (κ2) is 18.7. The van der Waals surface area contributed by atoms with Crippen LogP contribution in [0, 0.1) is 23.7 Å². The fraction of sp³-hybridized carbons (Fsp3) is 0.145. The Labute approximate surface area is 477 Å². The van der Waals surface area contributed by atoms with Gasteiger partial charge in [0.25, 0.3) is 0 Å². The molecule has 1 aliphatic heterocycles. The Bertz CT molecular complexity index is 4480. The van der Waals surface area contributed by atoms with Gasteiger partial charge in [0.1, 0.15) is 24.0 Å². The van der Waals surface area contributed by atoms with Crippen LogP contribution in [0.5, 0.6) is 11.5 Å². The molecule has 0 amide bonds. The Morgan fingerprint density at radius 1 is 0.378 bits per heavy atom. The largest absolute Gasteiger partial charge is 0.457 e. The van der Waals surface area contributed by atoms with Crippen LogP contribution < -0.4 is 14.5 Å². The van der Waals surface area contributed by atoms with Crippen LogP contribution in [0.1, 0.15) is 43.2 Å². The highest BCUT2D eigenvalue weighted by Crippen LogP contribution is 2.65. The molecule has 0 radical (unpaired) electrons. The molecule has 82 heavy (non-hydrogen) atoms. The number of para-hydroxylation sites is 6. The van der Waals surface area contributed by atoms with Gasteiger partial charge in [-0.15, -0.1) is 0 Å². The van der Waals surface area contributed by atoms with Crippen molar-refractivity contribution in [1.29, 1.82) is 0 Å². The molecule has 0 unspecified atom stereocenters. The summed E-state index contributed by atoms with van der Waals surface area (Å²) in [6.07, 6.45) is 8.65. The summed E-state index contributed by atoms with van der Waals surface area (Å²) >= 11 is 0. The van der Waals surface area contributed by atoms with Crippen molar-refractivity contribution in [2.75, 3.05) is 16.5 Å². The van der Waals surface area contributed by atoms with Gasteiger partial charge in [0.05, 0.1) is 39.1 Å². The Morgan fingerprint density at radius 2 is 0.915 bits per heavy atom. The van der Waals surface area contributed by atoms with Crippen LogP contribution in [-0.2, 0) is 5.41 Å². The van der Waals surface area contributed by atoms with Crippen molar-refractivity contribution in [2.24, 2.45) is 23.7 Å². The molecule has 6 heteroatoms. The third kappa shape index (κ3) is 7.30. The van der Waals surface area contributed by atoms with Gasteiger partial charge in [0, 0.05) is 67.8 Å². The average Bonchev–Trinajstić information content (AvgIpc) is 1.51. The predicted molar refractivity (Wildman–Crippen MR) is 337 cm³/mol. The summed E-state index contributed by atoms with van der Waals surface area (Å²) in [5, 5.41) is 4.95. The zero-order chi connectivity index (χ0) is 53.9. The number of aromatic nitrogens is 3. The van der Waals surface area contributed by atoms with E-state index < -0.39 is 0 Å². The van der Waals surface area contributed by atoms with Crippen LogP contribution >= 0.6 is 0 Å². The lowest BCUT2D eigenvalue weighted by atomic mass is 9.42. The van der Waals surface area contributed by atoms with Gasteiger partial charge in [-0.25, -0.2) is 4.98 Å². The SMILES string of the molecule is c1ccc(-c2cccc(-c3ccccc3)c2N2CN(c3cccc(Oc4ccc5c6ccccc6n(-c6cc(C7(c8ccc(-n9c%10ccccc%10c%10ccccc%109)cc8)C8CC9CC(C8)CC7C9)ccn6)c5c4)c3)c3ccccc32)cc1. The first kappa shape index (κ1) is 47.2. The summed E-state index contributed by atoms with van der Waals surface area (Å²) in [6, 6.07) is 93.3. The minimum atomic E-state index is -0.120. The van der Waals surface area contributed by atoms with E-state index in [4.69, 9.17) is 9.72 Å². The molecule has 6 nitrogen and oxygen atoms in total. The topological polar surface area (TPSA) is 38.5 Å². The van der Waals surface area contributed by atoms with Crippen molar-refractivity contribution in [3.05, 3.63) is 272 Å². The van der Waals surface area contributed by atoms with Gasteiger partial charge < -0.3 is 19.1 Å². The van der Waals surface area contributed by atoms with E-state index in [1.54, 1.807) is 0 Å². The van der Waals surface area contributed by atoms with Crippen molar-refractivity contribution in [2.45, 2.75) is 37.5 Å². The van der Waals surface area contributed by atoms with E-state index in [1.807, 2.05) is 0 Å². The summed E-state index contributed by atoms with van der Waals surface area (Å²) in [5.41, 5.74) is 17.9. The van der Waals surface area contributed by atoms with Crippen LogP contribution in [0.25, 0.3) is 77.4 Å². The van der Waals surface area contributed by atoms with Crippen LogP contribution in [0.4, 0.5) is 22.7 Å². The molecule has 0 spiro atoms. The quantitative estimate of drug-likeness (QED) is 0.137. The molecule has 3 aromatic heterocycles. The third-order valence-electron chi connectivity index (χ3n) is 19.3. The lowest BCUT2D eigenvalue weighted by molar-refractivity contribution is -0.0418. The molecule has 10 aromatic carbocycles. The molecule has 0 N–H and O–H groups in total. The average molecular weight is 1060 g/mol. The zero-order valence-electron chi connectivity index (χ0n) is 45.5. The van der Waals surface area contributed by atoms with Gasteiger partial charge in [-0.3, -0.25) is 4.57 Å². The number of ether oxygens (including phenoxy) is 1. The van der Waals surface area contributed by atoms with Gasteiger partial charge in [-0.2, -0.15) is 0 Å². The summed E-state index contributed by atoms with van der Waals surface area (Å²) < 4.78 is 11.8. The van der Waals surface area contributed by atoms with Gasteiger partial charge in [0.2, 0.25) is 0 Å². The highest BCUT2D eigenvalue weighted by atomic mass is 16.5.